The van der Waals surface area contributed by atoms with E-state index in [1.165, 1.54) is 50.0 Å². The maximum absolute atomic E-state index is 11.5. The van der Waals surface area contributed by atoms with Gasteiger partial charge in [0.25, 0.3) is 0 Å². The standard InChI is InChI=1S/C21H10NSe2.C11H20O2.Ir/c1-2-5-13-12(4-1)8-9-14-20-19-17(10-11-22-20)23-15-6-3-7-16(18(15)19)24-21(13)14;1-10(2,3)8(12)7-9(13)11(4,5)6;/h1-8,10-11H;7,12H,1-6H3;/q-1;;/b;8-7-;. The first-order chi connectivity index (χ1) is 17.4. The molecule has 0 atom stereocenters. The third kappa shape index (κ3) is 5.50. The van der Waals surface area contributed by atoms with Gasteiger partial charge in [0.15, 0.2) is 5.78 Å². The average Bonchev–Trinajstić information content (AvgIpc) is 3.15. The van der Waals surface area contributed by atoms with E-state index in [0.717, 1.165) is 5.52 Å². The van der Waals surface area contributed by atoms with E-state index >= 15 is 0 Å². The number of hydrogen-bond acceptors (Lipinski definition) is 3. The topological polar surface area (TPSA) is 50.2 Å². The number of aliphatic hydroxyl groups excluding tert-OH is 1. The van der Waals surface area contributed by atoms with Crippen molar-refractivity contribution in [2.75, 3.05) is 0 Å². The van der Waals surface area contributed by atoms with Crippen molar-refractivity contribution < 1.29 is 30.0 Å². The van der Waals surface area contributed by atoms with Gasteiger partial charge < -0.3 is 5.11 Å². The zero-order valence-corrected chi connectivity index (χ0v) is 28.1. The Hall–Kier alpha value is -2.03. The van der Waals surface area contributed by atoms with Crippen molar-refractivity contribution in [1.29, 1.82) is 0 Å². The SMILES string of the molecule is CC(C)(C)C(=O)/C=C(\O)C(C)(C)C.[Ir].[c-]1cc2ccccc2c2[se]c3cccc4[se]c5ccnc(c12)c5c43. The first-order valence-corrected chi connectivity index (χ1v) is 15.8. The van der Waals surface area contributed by atoms with E-state index in [1.807, 2.05) is 47.7 Å². The van der Waals surface area contributed by atoms with Gasteiger partial charge in [0.05, 0.1) is 0 Å². The van der Waals surface area contributed by atoms with Gasteiger partial charge in [-0.3, -0.25) is 4.79 Å². The van der Waals surface area contributed by atoms with Crippen LogP contribution in [0, 0.1) is 16.9 Å². The maximum atomic E-state index is 11.5. The molecule has 0 spiro atoms. The van der Waals surface area contributed by atoms with Gasteiger partial charge in [-0.1, -0.05) is 41.5 Å². The minimum absolute atomic E-state index is 0. The van der Waals surface area contributed by atoms with Crippen LogP contribution < -0.4 is 0 Å². The summed E-state index contributed by atoms with van der Waals surface area (Å²) < 4.78 is 5.92. The fourth-order valence-electron chi connectivity index (χ4n) is 4.14. The van der Waals surface area contributed by atoms with Crippen molar-refractivity contribution >= 4 is 84.3 Å². The van der Waals surface area contributed by atoms with Crippen molar-refractivity contribution in [1.82, 2.24) is 4.98 Å². The molecule has 0 aliphatic rings. The molecule has 6 aromatic rings. The molecule has 3 aromatic carbocycles. The van der Waals surface area contributed by atoms with E-state index in [0.29, 0.717) is 14.5 Å². The van der Waals surface area contributed by atoms with Gasteiger partial charge in [0.2, 0.25) is 0 Å². The average molecular weight is 811 g/mol. The molecule has 0 aliphatic carbocycles. The third-order valence-electron chi connectivity index (χ3n) is 6.40. The van der Waals surface area contributed by atoms with Crippen molar-refractivity contribution in [3.63, 3.8) is 0 Å². The molecular weight excluding hydrogens is 780 g/mol. The molecule has 0 unspecified atom stereocenters. The predicted molar refractivity (Wildman–Crippen MR) is 159 cm³/mol. The molecule has 1 N–H and O–H groups in total. The molecule has 3 nitrogen and oxygen atoms in total. The first kappa shape index (κ1) is 29.0. The Kier molecular flexibility index (Phi) is 8.27. The summed E-state index contributed by atoms with van der Waals surface area (Å²) in [7, 11) is 0. The van der Waals surface area contributed by atoms with E-state index in [1.54, 1.807) is 0 Å². The van der Waals surface area contributed by atoms with Crippen LogP contribution in [0.3, 0.4) is 0 Å². The van der Waals surface area contributed by atoms with Crippen LogP contribution in [0.15, 0.2) is 72.6 Å². The Bertz CT molecular complexity index is 1830. The van der Waals surface area contributed by atoms with Gasteiger partial charge in [-0.15, -0.1) is 0 Å². The van der Waals surface area contributed by atoms with E-state index in [-0.39, 0.29) is 51.6 Å². The molecule has 0 fully saturated rings. The molecule has 1 radical (unpaired) electrons. The Balaban J connectivity index is 0.000000209. The molecular formula is C32H30IrNO2Se2-. The summed E-state index contributed by atoms with van der Waals surface area (Å²) in [5.74, 6) is 0.104. The molecule has 6 rings (SSSR count). The van der Waals surface area contributed by atoms with E-state index in [9.17, 15) is 9.90 Å². The van der Waals surface area contributed by atoms with E-state index in [2.05, 4.69) is 60.7 Å². The first-order valence-electron chi connectivity index (χ1n) is 12.3. The summed E-state index contributed by atoms with van der Waals surface area (Å²) in [5, 5.41) is 16.3. The van der Waals surface area contributed by atoms with Crippen LogP contribution >= 0.6 is 0 Å². The van der Waals surface area contributed by atoms with Crippen LogP contribution in [0.5, 0.6) is 0 Å². The molecule has 0 saturated carbocycles. The number of aromatic nitrogens is 1. The predicted octanol–water partition coefficient (Wildman–Crippen LogP) is 7.85. The van der Waals surface area contributed by atoms with Gasteiger partial charge in [0, 0.05) is 37.0 Å². The molecule has 197 valence electrons. The van der Waals surface area contributed by atoms with Crippen molar-refractivity contribution in [2.45, 2.75) is 41.5 Å². The number of benzene rings is 3. The number of nitrogens with zero attached hydrogens (tertiary/aromatic N) is 1. The number of pyridine rings is 1. The van der Waals surface area contributed by atoms with Gasteiger partial charge in [-0.05, 0) is 0 Å². The summed E-state index contributed by atoms with van der Waals surface area (Å²) in [4.78, 5) is 16.3. The summed E-state index contributed by atoms with van der Waals surface area (Å²) in [6, 6.07) is 23.4. The number of rotatable bonds is 1. The summed E-state index contributed by atoms with van der Waals surface area (Å²) in [6.45, 7) is 11.1. The van der Waals surface area contributed by atoms with Crippen molar-refractivity contribution in [2.24, 2.45) is 10.8 Å². The molecule has 6 heteroatoms. The molecule has 0 saturated heterocycles. The zero-order chi connectivity index (χ0) is 26.5. The molecule has 0 amide bonds. The summed E-state index contributed by atoms with van der Waals surface area (Å²) in [5.41, 5.74) is 0.376. The van der Waals surface area contributed by atoms with E-state index < -0.39 is 5.41 Å². The molecule has 38 heavy (non-hydrogen) atoms. The van der Waals surface area contributed by atoms with Crippen LogP contribution in [-0.2, 0) is 24.9 Å². The second kappa shape index (κ2) is 10.9. The summed E-state index contributed by atoms with van der Waals surface area (Å²) in [6.07, 6.45) is 3.31. The Labute approximate surface area is 248 Å². The van der Waals surface area contributed by atoms with E-state index in [4.69, 9.17) is 4.98 Å². The number of carbonyl (C=O) groups excluding carboxylic acids is 1. The van der Waals surface area contributed by atoms with Gasteiger partial charge in [-0.25, -0.2) is 0 Å². The van der Waals surface area contributed by atoms with Crippen LogP contribution in [0.2, 0.25) is 0 Å². The second-order valence-electron chi connectivity index (χ2n) is 11.3. The van der Waals surface area contributed by atoms with Crippen LogP contribution in [-0.4, -0.2) is 44.9 Å². The number of allylic oxidation sites excluding steroid dienone is 2. The Morgan fingerprint density at radius 3 is 2.21 bits per heavy atom. The van der Waals surface area contributed by atoms with Crippen LogP contribution in [0.25, 0.3) is 49.5 Å². The minimum atomic E-state index is -0.417. The number of carbonyl (C=O) groups is 1. The quantitative estimate of drug-likeness (QED) is 0.0798. The second-order valence-corrected chi connectivity index (χ2v) is 15.8. The van der Waals surface area contributed by atoms with Gasteiger partial charge in [0.1, 0.15) is 5.76 Å². The zero-order valence-electron chi connectivity index (χ0n) is 22.3. The Morgan fingerprint density at radius 2 is 1.53 bits per heavy atom. The molecule has 3 aromatic heterocycles. The van der Waals surface area contributed by atoms with Crippen LogP contribution in [0.4, 0.5) is 0 Å². The number of fused-ring (bicyclic) bond motifs is 4. The molecule has 0 bridgehead atoms. The Morgan fingerprint density at radius 1 is 0.868 bits per heavy atom. The fourth-order valence-corrected chi connectivity index (χ4v) is 9.42. The van der Waals surface area contributed by atoms with Crippen molar-refractivity contribution in [3.05, 3.63) is 78.7 Å². The number of ketones is 1. The third-order valence-corrected chi connectivity index (χ3v) is 11.2. The molecule has 0 aliphatic heterocycles. The molecule has 3 heterocycles. The van der Waals surface area contributed by atoms with Gasteiger partial charge in [-0.2, -0.15) is 0 Å². The normalized spacial score (nSPS) is 12.6. The number of aliphatic hydroxyl groups is 1. The monoisotopic (exact) mass is 813 g/mol. The summed E-state index contributed by atoms with van der Waals surface area (Å²) >= 11 is 0.680. The van der Waals surface area contributed by atoms with Gasteiger partial charge >= 0.3 is 150 Å². The number of hydrogen-bond donors (Lipinski definition) is 1. The fraction of sp³-hybridized carbons (Fsp3) is 0.250. The van der Waals surface area contributed by atoms with Crippen LogP contribution in [0.1, 0.15) is 41.5 Å². The van der Waals surface area contributed by atoms with Crippen molar-refractivity contribution in [3.8, 4) is 0 Å².